The third kappa shape index (κ3) is 3.43. The lowest BCUT2D eigenvalue weighted by Gasteiger charge is -2.14. The summed E-state index contributed by atoms with van der Waals surface area (Å²) in [5.74, 6) is 1.09. The highest BCUT2D eigenvalue weighted by atomic mass is 32.2. The summed E-state index contributed by atoms with van der Waals surface area (Å²) >= 11 is 1.41. The largest absolute Gasteiger partial charge is 0.325 e. The number of aryl methyl sites for hydroxylation is 1. The number of carbonyl (C=O) groups excluding carboxylic acids is 1. The maximum atomic E-state index is 12.2. The van der Waals surface area contributed by atoms with Crippen LogP contribution in [0.2, 0.25) is 0 Å². The number of thioether (sulfide) groups is 1. The topological polar surface area (TPSA) is 63.1 Å². The zero-order valence-corrected chi connectivity index (χ0v) is 15.2. The van der Waals surface area contributed by atoms with Crippen molar-refractivity contribution in [3.05, 3.63) is 60.2 Å². The number of carbonyl (C=O) groups is 1. The number of fused-ring (bicyclic) bond motifs is 1. The van der Waals surface area contributed by atoms with Crippen LogP contribution in [-0.2, 0) is 11.3 Å². The molecule has 1 aliphatic rings. The van der Waals surface area contributed by atoms with E-state index in [1.165, 1.54) is 11.8 Å². The van der Waals surface area contributed by atoms with Gasteiger partial charge in [-0.1, -0.05) is 42.1 Å². The Bertz CT molecular complexity index is 925. The highest BCUT2D eigenvalue weighted by molar-refractivity contribution is 7.99. The lowest BCUT2D eigenvalue weighted by Crippen LogP contribution is -2.14. The standard InChI is InChI=1S/C19H19N5OS/c1-14-6-5-7-15(12-14)20-17(25)13-26-19-22-21-18-23(10-11-24(18)19)16-8-3-2-4-9-16/h2-9,12H,10-11,13H2,1H3,(H,20,25). The monoisotopic (exact) mass is 365 g/mol. The molecule has 3 aromatic rings. The molecule has 0 fully saturated rings. The molecular weight excluding hydrogens is 346 g/mol. The summed E-state index contributed by atoms with van der Waals surface area (Å²) in [5.41, 5.74) is 3.04. The number of anilines is 3. The Morgan fingerprint density at radius 1 is 1.12 bits per heavy atom. The van der Waals surface area contributed by atoms with Gasteiger partial charge in [0.05, 0.1) is 5.75 Å². The molecule has 6 nitrogen and oxygen atoms in total. The molecule has 0 unspecified atom stereocenters. The van der Waals surface area contributed by atoms with Crippen molar-refractivity contribution >= 4 is 35.0 Å². The predicted molar refractivity (Wildman–Crippen MR) is 104 cm³/mol. The van der Waals surface area contributed by atoms with Crippen molar-refractivity contribution in [1.29, 1.82) is 0 Å². The number of para-hydroxylation sites is 1. The number of benzene rings is 2. The Hall–Kier alpha value is -2.80. The van der Waals surface area contributed by atoms with Crippen LogP contribution in [0.1, 0.15) is 5.56 Å². The molecule has 0 spiro atoms. The summed E-state index contributed by atoms with van der Waals surface area (Å²) in [4.78, 5) is 14.3. The summed E-state index contributed by atoms with van der Waals surface area (Å²) in [6.45, 7) is 3.68. The van der Waals surface area contributed by atoms with Gasteiger partial charge >= 0.3 is 0 Å². The maximum Gasteiger partial charge on any atom is 0.234 e. The molecule has 1 N–H and O–H groups in total. The number of hydrogen-bond donors (Lipinski definition) is 1. The van der Waals surface area contributed by atoms with Crippen molar-refractivity contribution < 1.29 is 4.79 Å². The van der Waals surface area contributed by atoms with Gasteiger partial charge in [-0.05, 0) is 36.8 Å². The van der Waals surface area contributed by atoms with Crippen LogP contribution in [0, 0.1) is 6.92 Å². The van der Waals surface area contributed by atoms with E-state index in [1.807, 2.05) is 49.4 Å². The second-order valence-electron chi connectivity index (χ2n) is 6.13. The second-order valence-corrected chi connectivity index (χ2v) is 7.07. The van der Waals surface area contributed by atoms with Crippen molar-refractivity contribution in [2.24, 2.45) is 0 Å². The van der Waals surface area contributed by atoms with E-state index in [9.17, 15) is 4.79 Å². The van der Waals surface area contributed by atoms with Crippen LogP contribution >= 0.6 is 11.8 Å². The first-order valence-corrected chi connectivity index (χ1v) is 9.44. The zero-order chi connectivity index (χ0) is 17.9. The Kier molecular flexibility index (Phi) is 4.62. The SMILES string of the molecule is Cc1cccc(NC(=O)CSc2nnc3n2CCN3c2ccccc2)c1. The molecule has 1 amide bonds. The molecule has 2 aromatic carbocycles. The number of amides is 1. The normalized spacial score (nSPS) is 12.9. The first-order valence-electron chi connectivity index (χ1n) is 8.46. The van der Waals surface area contributed by atoms with Gasteiger partial charge in [0.15, 0.2) is 5.16 Å². The van der Waals surface area contributed by atoms with E-state index in [0.717, 1.165) is 41.1 Å². The fourth-order valence-corrected chi connectivity index (χ4v) is 3.75. The number of rotatable bonds is 5. The Morgan fingerprint density at radius 2 is 1.96 bits per heavy atom. The fraction of sp³-hybridized carbons (Fsp3) is 0.211. The van der Waals surface area contributed by atoms with E-state index in [4.69, 9.17) is 0 Å². The third-order valence-electron chi connectivity index (χ3n) is 4.19. The Balaban J connectivity index is 1.40. The summed E-state index contributed by atoms with van der Waals surface area (Å²) < 4.78 is 2.07. The van der Waals surface area contributed by atoms with Crippen molar-refractivity contribution in [3.63, 3.8) is 0 Å². The van der Waals surface area contributed by atoms with E-state index < -0.39 is 0 Å². The van der Waals surface area contributed by atoms with Gasteiger partial charge in [0.2, 0.25) is 11.9 Å². The second kappa shape index (κ2) is 7.21. The molecule has 7 heteroatoms. The zero-order valence-electron chi connectivity index (χ0n) is 14.4. The van der Waals surface area contributed by atoms with Crippen molar-refractivity contribution in [2.45, 2.75) is 18.6 Å². The Morgan fingerprint density at radius 3 is 2.77 bits per heavy atom. The lowest BCUT2D eigenvalue weighted by molar-refractivity contribution is -0.113. The van der Waals surface area contributed by atoms with E-state index >= 15 is 0 Å². The highest BCUT2D eigenvalue weighted by Gasteiger charge is 2.26. The molecule has 132 valence electrons. The number of nitrogens with zero attached hydrogens (tertiary/aromatic N) is 4. The van der Waals surface area contributed by atoms with Gasteiger partial charge in [0, 0.05) is 24.5 Å². The maximum absolute atomic E-state index is 12.2. The van der Waals surface area contributed by atoms with Crippen molar-refractivity contribution in [1.82, 2.24) is 14.8 Å². The van der Waals surface area contributed by atoms with Gasteiger partial charge in [-0.2, -0.15) is 0 Å². The van der Waals surface area contributed by atoms with Crippen LogP contribution in [0.25, 0.3) is 0 Å². The molecular formula is C19H19N5OS. The van der Waals surface area contributed by atoms with Gasteiger partial charge in [-0.3, -0.25) is 9.36 Å². The van der Waals surface area contributed by atoms with Crippen LogP contribution in [0.15, 0.2) is 59.8 Å². The molecule has 0 bridgehead atoms. The van der Waals surface area contributed by atoms with Crippen LogP contribution in [0.5, 0.6) is 0 Å². The third-order valence-corrected chi connectivity index (χ3v) is 5.15. The lowest BCUT2D eigenvalue weighted by atomic mass is 10.2. The fourth-order valence-electron chi connectivity index (χ4n) is 2.99. The van der Waals surface area contributed by atoms with E-state index in [1.54, 1.807) is 0 Å². The molecule has 1 aromatic heterocycles. The number of hydrogen-bond acceptors (Lipinski definition) is 5. The van der Waals surface area contributed by atoms with Gasteiger partial charge in [-0.15, -0.1) is 10.2 Å². The van der Waals surface area contributed by atoms with E-state index in [0.29, 0.717) is 5.75 Å². The molecule has 4 rings (SSSR count). The van der Waals surface area contributed by atoms with Gasteiger partial charge in [-0.25, -0.2) is 0 Å². The summed E-state index contributed by atoms with van der Waals surface area (Å²) in [5, 5.41) is 12.3. The van der Waals surface area contributed by atoms with Crippen LogP contribution < -0.4 is 10.2 Å². The minimum absolute atomic E-state index is 0.0455. The number of nitrogens with one attached hydrogen (secondary N) is 1. The predicted octanol–water partition coefficient (Wildman–Crippen LogP) is 3.47. The smallest absolute Gasteiger partial charge is 0.234 e. The quantitative estimate of drug-likeness (QED) is 0.702. The average molecular weight is 365 g/mol. The molecule has 1 aliphatic heterocycles. The average Bonchev–Trinajstić information content (AvgIpc) is 3.23. The molecule has 0 radical (unpaired) electrons. The minimum atomic E-state index is -0.0455. The summed E-state index contributed by atoms with van der Waals surface area (Å²) in [7, 11) is 0. The molecule has 0 saturated carbocycles. The molecule has 2 heterocycles. The van der Waals surface area contributed by atoms with Crippen molar-refractivity contribution in [3.8, 4) is 0 Å². The minimum Gasteiger partial charge on any atom is -0.325 e. The molecule has 26 heavy (non-hydrogen) atoms. The van der Waals surface area contributed by atoms with E-state index in [2.05, 4.69) is 37.1 Å². The highest BCUT2D eigenvalue weighted by Crippen LogP contribution is 2.31. The summed E-state index contributed by atoms with van der Waals surface area (Å²) in [6, 6.07) is 17.9. The molecule has 0 aliphatic carbocycles. The van der Waals surface area contributed by atoms with Crippen LogP contribution in [0.3, 0.4) is 0 Å². The van der Waals surface area contributed by atoms with Gasteiger partial charge in [0.25, 0.3) is 0 Å². The first-order chi connectivity index (χ1) is 12.7. The Labute approximate surface area is 156 Å². The number of aromatic nitrogens is 3. The molecule has 0 saturated heterocycles. The van der Waals surface area contributed by atoms with Gasteiger partial charge in [0.1, 0.15) is 0 Å². The first kappa shape index (κ1) is 16.7. The van der Waals surface area contributed by atoms with E-state index in [-0.39, 0.29) is 5.91 Å². The summed E-state index contributed by atoms with van der Waals surface area (Å²) in [6.07, 6.45) is 0. The van der Waals surface area contributed by atoms with Crippen LogP contribution in [-0.4, -0.2) is 33.0 Å². The van der Waals surface area contributed by atoms with Gasteiger partial charge < -0.3 is 10.2 Å². The van der Waals surface area contributed by atoms with Crippen LogP contribution in [0.4, 0.5) is 17.3 Å². The van der Waals surface area contributed by atoms with Crippen molar-refractivity contribution in [2.75, 3.05) is 22.5 Å². The molecule has 0 atom stereocenters.